The summed E-state index contributed by atoms with van der Waals surface area (Å²) in [7, 11) is 0. The first kappa shape index (κ1) is 10.3. The highest BCUT2D eigenvalue weighted by Crippen LogP contribution is 2.29. The molecule has 0 unspecified atom stereocenters. The molecule has 2 N–H and O–H groups in total. The first-order valence-electron chi connectivity index (χ1n) is 3.70. The fourth-order valence-corrected chi connectivity index (χ4v) is 1.30. The molecule has 0 spiro atoms. The van der Waals surface area contributed by atoms with E-state index in [-0.39, 0.29) is 17.1 Å². The number of pyridine rings is 1. The Morgan fingerprint density at radius 1 is 1.62 bits per heavy atom. The summed E-state index contributed by atoms with van der Waals surface area (Å²) in [6.07, 6.45) is -2.58. The van der Waals surface area contributed by atoms with Gasteiger partial charge in [-0.3, -0.25) is 4.98 Å². The molecule has 0 saturated heterocycles. The molecule has 1 heterocycles. The molecule has 0 radical (unpaired) electrons. The van der Waals surface area contributed by atoms with Crippen molar-refractivity contribution in [3.63, 3.8) is 0 Å². The van der Waals surface area contributed by atoms with Crippen LogP contribution in [-0.4, -0.2) is 4.98 Å². The zero-order valence-corrected chi connectivity index (χ0v) is 7.78. The summed E-state index contributed by atoms with van der Waals surface area (Å²) >= 11 is 5.65. The van der Waals surface area contributed by atoms with Crippen molar-refractivity contribution >= 4 is 11.6 Å². The van der Waals surface area contributed by atoms with Crippen LogP contribution in [0.2, 0.25) is 5.02 Å². The van der Waals surface area contributed by atoms with Crippen LogP contribution in [0.4, 0.5) is 8.78 Å². The number of aromatic nitrogens is 1. The number of aryl methyl sites for hydroxylation is 1. The standard InChI is InChI=1S/C8H9ClF2N2/c1-4-2-5(8(10)11)7(9)6(3-12)13-4/h2,8H,3,12H2,1H3. The van der Waals surface area contributed by atoms with E-state index in [1.165, 1.54) is 6.07 Å². The van der Waals surface area contributed by atoms with E-state index < -0.39 is 6.43 Å². The van der Waals surface area contributed by atoms with Crippen LogP contribution in [0.25, 0.3) is 0 Å². The van der Waals surface area contributed by atoms with Crippen molar-refractivity contribution in [3.8, 4) is 0 Å². The van der Waals surface area contributed by atoms with Crippen molar-refractivity contribution in [1.82, 2.24) is 4.98 Å². The fourth-order valence-electron chi connectivity index (χ4n) is 1.04. The highest BCUT2D eigenvalue weighted by molar-refractivity contribution is 6.32. The van der Waals surface area contributed by atoms with Crippen LogP contribution in [0.1, 0.15) is 23.4 Å². The van der Waals surface area contributed by atoms with Crippen LogP contribution in [0.3, 0.4) is 0 Å². The van der Waals surface area contributed by atoms with E-state index in [0.717, 1.165) is 0 Å². The van der Waals surface area contributed by atoms with Crippen LogP contribution in [0.5, 0.6) is 0 Å². The molecular formula is C8H9ClF2N2. The largest absolute Gasteiger partial charge is 0.325 e. The third-order valence-electron chi connectivity index (χ3n) is 1.61. The lowest BCUT2D eigenvalue weighted by molar-refractivity contribution is 0.151. The van der Waals surface area contributed by atoms with Crippen LogP contribution < -0.4 is 5.73 Å². The van der Waals surface area contributed by atoms with Crippen LogP contribution in [0.15, 0.2) is 6.07 Å². The topological polar surface area (TPSA) is 38.9 Å². The van der Waals surface area contributed by atoms with Crippen LogP contribution >= 0.6 is 11.6 Å². The second-order valence-electron chi connectivity index (χ2n) is 2.62. The van der Waals surface area contributed by atoms with Crippen molar-refractivity contribution in [1.29, 1.82) is 0 Å². The molecule has 0 aliphatic rings. The van der Waals surface area contributed by atoms with E-state index in [1.54, 1.807) is 6.92 Å². The SMILES string of the molecule is Cc1cc(C(F)F)c(Cl)c(CN)n1. The summed E-state index contributed by atoms with van der Waals surface area (Å²) in [6, 6.07) is 1.27. The number of hydrogen-bond donors (Lipinski definition) is 1. The fraction of sp³-hybridized carbons (Fsp3) is 0.375. The molecule has 0 amide bonds. The Morgan fingerprint density at radius 3 is 2.69 bits per heavy atom. The Labute approximate surface area is 79.7 Å². The zero-order chi connectivity index (χ0) is 10.0. The Balaban J connectivity index is 3.27. The van der Waals surface area contributed by atoms with Gasteiger partial charge in [0.1, 0.15) is 0 Å². The molecule has 1 rings (SSSR count). The molecule has 0 bridgehead atoms. The summed E-state index contributed by atoms with van der Waals surface area (Å²) in [6.45, 7) is 1.70. The van der Waals surface area contributed by atoms with Crippen molar-refractivity contribution in [2.75, 3.05) is 0 Å². The molecule has 13 heavy (non-hydrogen) atoms. The van der Waals surface area contributed by atoms with Gasteiger partial charge in [0.25, 0.3) is 6.43 Å². The summed E-state index contributed by atoms with van der Waals surface area (Å²) < 4.78 is 24.7. The van der Waals surface area contributed by atoms with E-state index in [4.69, 9.17) is 17.3 Å². The Morgan fingerprint density at radius 2 is 2.23 bits per heavy atom. The number of hydrogen-bond acceptors (Lipinski definition) is 2. The second-order valence-corrected chi connectivity index (χ2v) is 3.00. The summed E-state index contributed by atoms with van der Waals surface area (Å²) in [4.78, 5) is 3.94. The minimum Gasteiger partial charge on any atom is -0.325 e. The van der Waals surface area contributed by atoms with Crippen molar-refractivity contribution in [2.45, 2.75) is 19.9 Å². The molecule has 0 aromatic carbocycles. The maximum Gasteiger partial charge on any atom is 0.265 e. The molecule has 72 valence electrons. The maximum atomic E-state index is 12.4. The van der Waals surface area contributed by atoms with E-state index in [0.29, 0.717) is 11.4 Å². The normalized spacial score (nSPS) is 10.9. The second kappa shape index (κ2) is 3.98. The average molecular weight is 207 g/mol. The number of alkyl halides is 2. The molecule has 0 aliphatic carbocycles. The van der Waals surface area contributed by atoms with Crippen molar-refractivity contribution in [3.05, 3.63) is 28.0 Å². The number of halogens is 3. The third kappa shape index (κ3) is 2.14. The molecule has 5 heteroatoms. The van der Waals surface area contributed by atoms with Gasteiger partial charge < -0.3 is 5.73 Å². The van der Waals surface area contributed by atoms with Gasteiger partial charge in [0, 0.05) is 17.8 Å². The molecule has 1 aromatic rings. The van der Waals surface area contributed by atoms with Gasteiger partial charge in [0.05, 0.1) is 10.7 Å². The van der Waals surface area contributed by atoms with Crippen LogP contribution in [0, 0.1) is 6.92 Å². The van der Waals surface area contributed by atoms with E-state index in [9.17, 15) is 8.78 Å². The first-order chi connectivity index (χ1) is 6.06. The molecule has 0 aliphatic heterocycles. The van der Waals surface area contributed by atoms with E-state index in [1.807, 2.05) is 0 Å². The van der Waals surface area contributed by atoms with Gasteiger partial charge in [-0.25, -0.2) is 8.78 Å². The lowest BCUT2D eigenvalue weighted by Crippen LogP contribution is -2.04. The highest BCUT2D eigenvalue weighted by Gasteiger charge is 2.15. The summed E-state index contributed by atoms with van der Waals surface area (Å²) in [5.41, 5.74) is 5.91. The molecule has 0 atom stereocenters. The summed E-state index contributed by atoms with van der Waals surface area (Å²) in [5.74, 6) is 0. The molecule has 0 fully saturated rings. The molecule has 1 aromatic heterocycles. The Bertz CT molecular complexity index is 315. The maximum absolute atomic E-state index is 12.4. The van der Waals surface area contributed by atoms with Crippen molar-refractivity contribution in [2.24, 2.45) is 5.73 Å². The van der Waals surface area contributed by atoms with E-state index in [2.05, 4.69) is 4.98 Å². The third-order valence-corrected chi connectivity index (χ3v) is 2.05. The van der Waals surface area contributed by atoms with Gasteiger partial charge >= 0.3 is 0 Å². The quantitative estimate of drug-likeness (QED) is 0.807. The lowest BCUT2D eigenvalue weighted by Gasteiger charge is -2.07. The molecule has 0 saturated carbocycles. The molecular weight excluding hydrogens is 198 g/mol. The highest BCUT2D eigenvalue weighted by atomic mass is 35.5. The van der Waals surface area contributed by atoms with Gasteiger partial charge in [-0.1, -0.05) is 11.6 Å². The van der Waals surface area contributed by atoms with Crippen molar-refractivity contribution < 1.29 is 8.78 Å². The van der Waals surface area contributed by atoms with Gasteiger partial charge in [-0.15, -0.1) is 0 Å². The first-order valence-corrected chi connectivity index (χ1v) is 4.08. The number of rotatable bonds is 2. The predicted octanol–water partition coefficient (Wildman–Crippen LogP) is 2.44. The van der Waals surface area contributed by atoms with E-state index >= 15 is 0 Å². The average Bonchev–Trinajstić information content (AvgIpc) is 2.08. The van der Waals surface area contributed by atoms with Gasteiger partial charge in [0.15, 0.2) is 0 Å². The minimum atomic E-state index is -2.58. The Hall–Kier alpha value is -0.740. The van der Waals surface area contributed by atoms with Gasteiger partial charge in [0.2, 0.25) is 0 Å². The molecule has 2 nitrogen and oxygen atoms in total. The minimum absolute atomic E-state index is 0.0249. The number of nitrogens with two attached hydrogens (primary N) is 1. The van der Waals surface area contributed by atoms with Gasteiger partial charge in [-0.2, -0.15) is 0 Å². The number of nitrogens with zero attached hydrogens (tertiary/aromatic N) is 1. The van der Waals surface area contributed by atoms with Crippen LogP contribution in [-0.2, 0) is 6.54 Å². The van der Waals surface area contributed by atoms with Gasteiger partial charge in [-0.05, 0) is 13.0 Å². The predicted molar refractivity (Wildman–Crippen MR) is 46.8 cm³/mol. The Kier molecular flexibility index (Phi) is 3.17. The zero-order valence-electron chi connectivity index (χ0n) is 7.02. The summed E-state index contributed by atoms with van der Waals surface area (Å²) in [5, 5.41) is -0.0249. The smallest absolute Gasteiger partial charge is 0.265 e. The lowest BCUT2D eigenvalue weighted by atomic mass is 10.2. The monoisotopic (exact) mass is 206 g/mol.